The van der Waals surface area contributed by atoms with Crippen LogP contribution in [0.25, 0.3) is 0 Å². The summed E-state index contributed by atoms with van der Waals surface area (Å²) in [6, 6.07) is 0. The fourth-order valence-electron chi connectivity index (χ4n) is 2.31. The van der Waals surface area contributed by atoms with Gasteiger partial charge in [-0.3, -0.25) is 0 Å². The maximum Gasteiger partial charge on any atom is 0.00495 e. The van der Waals surface area contributed by atoms with Gasteiger partial charge in [-0.05, 0) is 50.4 Å². The van der Waals surface area contributed by atoms with Crippen molar-refractivity contribution in [2.75, 3.05) is 18.8 Å². The van der Waals surface area contributed by atoms with E-state index >= 15 is 0 Å². The molecule has 0 spiro atoms. The maximum atomic E-state index is 3.38. The predicted octanol–water partition coefficient (Wildman–Crippen LogP) is 3.69. The van der Waals surface area contributed by atoms with E-state index in [0.29, 0.717) is 0 Å². The van der Waals surface area contributed by atoms with E-state index in [1.54, 1.807) is 0 Å². The standard InChI is InChI=1S/C13H27NS/c1-3-14-9-4-5-10-15-13-8-6-7-12(2)11-13/h12-14H,3-11H2,1-2H3. The lowest BCUT2D eigenvalue weighted by Gasteiger charge is -2.26. The Hall–Kier alpha value is 0.310. The molecule has 2 atom stereocenters. The van der Waals surface area contributed by atoms with E-state index < -0.39 is 0 Å². The number of hydrogen-bond acceptors (Lipinski definition) is 2. The second-order valence-corrected chi connectivity index (χ2v) is 6.23. The molecule has 1 aliphatic rings. The highest BCUT2D eigenvalue weighted by Gasteiger charge is 2.18. The highest BCUT2D eigenvalue weighted by atomic mass is 32.2. The number of nitrogens with one attached hydrogen (secondary N) is 1. The van der Waals surface area contributed by atoms with Crippen molar-refractivity contribution in [1.82, 2.24) is 5.32 Å². The zero-order valence-corrected chi connectivity index (χ0v) is 11.2. The van der Waals surface area contributed by atoms with Crippen LogP contribution in [0.4, 0.5) is 0 Å². The van der Waals surface area contributed by atoms with Crippen molar-refractivity contribution in [2.45, 2.75) is 57.6 Å². The first-order valence-electron chi connectivity index (χ1n) is 6.65. The van der Waals surface area contributed by atoms with Gasteiger partial charge in [0.15, 0.2) is 0 Å². The van der Waals surface area contributed by atoms with Gasteiger partial charge in [0, 0.05) is 5.25 Å². The Morgan fingerprint density at radius 1 is 1.27 bits per heavy atom. The van der Waals surface area contributed by atoms with Crippen molar-refractivity contribution >= 4 is 11.8 Å². The molecule has 2 heteroatoms. The molecule has 0 aromatic carbocycles. The van der Waals surface area contributed by atoms with Gasteiger partial charge in [-0.25, -0.2) is 0 Å². The molecular formula is C13H27NS. The van der Waals surface area contributed by atoms with Crippen LogP contribution in [0, 0.1) is 5.92 Å². The van der Waals surface area contributed by atoms with Crippen molar-refractivity contribution in [3.05, 3.63) is 0 Å². The van der Waals surface area contributed by atoms with Gasteiger partial charge >= 0.3 is 0 Å². The highest BCUT2D eigenvalue weighted by molar-refractivity contribution is 7.99. The third-order valence-corrected chi connectivity index (χ3v) is 4.66. The summed E-state index contributed by atoms with van der Waals surface area (Å²) in [6.45, 7) is 6.92. The minimum absolute atomic E-state index is 0.980. The summed E-state index contributed by atoms with van der Waals surface area (Å²) >= 11 is 2.23. The van der Waals surface area contributed by atoms with E-state index in [1.807, 2.05) is 0 Å². The third kappa shape index (κ3) is 6.47. The largest absolute Gasteiger partial charge is 0.317 e. The van der Waals surface area contributed by atoms with Gasteiger partial charge in [-0.2, -0.15) is 11.8 Å². The fourth-order valence-corrected chi connectivity index (χ4v) is 3.81. The molecule has 1 N–H and O–H groups in total. The molecule has 1 rings (SSSR count). The summed E-state index contributed by atoms with van der Waals surface area (Å²) in [6.07, 6.45) is 8.62. The smallest absolute Gasteiger partial charge is 0.00495 e. The molecule has 0 saturated heterocycles. The fraction of sp³-hybridized carbons (Fsp3) is 1.00. The van der Waals surface area contributed by atoms with Gasteiger partial charge in [-0.15, -0.1) is 0 Å². The minimum atomic E-state index is 0.980. The molecule has 0 radical (unpaired) electrons. The molecule has 0 bridgehead atoms. The Bertz CT molecular complexity index is 149. The minimum Gasteiger partial charge on any atom is -0.317 e. The van der Waals surface area contributed by atoms with Crippen LogP contribution < -0.4 is 5.32 Å². The molecule has 1 fully saturated rings. The van der Waals surface area contributed by atoms with Gasteiger partial charge in [0.1, 0.15) is 0 Å². The zero-order valence-electron chi connectivity index (χ0n) is 10.4. The molecule has 0 aliphatic heterocycles. The van der Waals surface area contributed by atoms with E-state index in [1.165, 1.54) is 50.8 Å². The van der Waals surface area contributed by atoms with E-state index in [-0.39, 0.29) is 0 Å². The lowest BCUT2D eigenvalue weighted by molar-refractivity contribution is 0.394. The van der Waals surface area contributed by atoms with Crippen LogP contribution in [0.5, 0.6) is 0 Å². The Balaban J connectivity index is 1.90. The number of hydrogen-bond donors (Lipinski definition) is 1. The summed E-state index contributed by atoms with van der Waals surface area (Å²) in [5, 5.41) is 4.36. The van der Waals surface area contributed by atoms with Crippen molar-refractivity contribution in [3.63, 3.8) is 0 Å². The Morgan fingerprint density at radius 2 is 2.13 bits per heavy atom. The average Bonchev–Trinajstić information content (AvgIpc) is 2.23. The molecule has 0 aromatic heterocycles. The van der Waals surface area contributed by atoms with E-state index in [0.717, 1.165) is 17.7 Å². The van der Waals surface area contributed by atoms with E-state index in [2.05, 4.69) is 30.9 Å². The van der Waals surface area contributed by atoms with Crippen LogP contribution in [0.15, 0.2) is 0 Å². The van der Waals surface area contributed by atoms with Crippen molar-refractivity contribution < 1.29 is 0 Å². The first-order chi connectivity index (χ1) is 7.33. The molecule has 1 saturated carbocycles. The van der Waals surface area contributed by atoms with Crippen LogP contribution in [-0.4, -0.2) is 24.1 Å². The Labute approximate surface area is 99.8 Å². The van der Waals surface area contributed by atoms with Gasteiger partial charge in [0.2, 0.25) is 0 Å². The van der Waals surface area contributed by atoms with Crippen LogP contribution in [0.1, 0.15) is 52.4 Å². The monoisotopic (exact) mass is 229 g/mol. The first-order valence-corrected chi connectivity index (χ1v) is 7.70. The summed E-state index contributed by atoms with van der Waals surface area (Å²) in [5.74, 6) is 2.36. The van der Waals surface area contributed by atoms with E-state index in [9.17, 15) is 0 Å². The summed E-state index contributed by atoms with van der Waals surface area (Å²) in [4.78, 5) is 0. The maximum absolute atomic E-state index is 3.38. The molecular weight excluding hydrogens is 202 g/mol. The van der Waals surface area contributed by atoms with Crippen molar-refractivity contribution in [1.29, 1.82) is 0 Å². The van der Waals surface area contributed by atoms with Crippen LogP contribution in [0.3, 0.4) is 0 Å². The van der Waals surface area contributed by atoms with Gasteiger partial charge < -0.3 is 5.32 Å². The van der Waals surface area contributed by atoms with Gasteiger partial charge in [0.05, 0.1) is 0 Å². The molecule has 2 unspecified atom stereocenters. The summed E-state index contributed by atoms with van der Waals surface area (Å²) < 4.78 is 0. The zero-order chi connectivity index (χ0) is 10.9. The number of thioether (sulfide) groups is 1. The molecule has 0 aromatic rings. The van der Waals surface area contributed by atoms with Gasteiger partial charge in [0.25, 0.3) is 0 Å². The van der Waals surface area contributed by atoms with Crippen LogP contribution in [-0.2, 0) is 0 Å². The molecule has 15 heavy (non-hydrogen) atoms. The molecule has 0 amide bonds. The Morgan fingerprint density at radius 3 is 2.87 bits per heavy atom. The normalized spacial score (nSPS) is 26.8. The summed E-state index contributed by atoms with van der Waals surface area (Å²) in [7, 11) is 0. The van der Waals surface area contributed by atoms with Crippen molar-refractivity contribution in [2.24, 2.45) is 5.92 Å². The lowest BCUT2D eigenvalue weighted by atomic mass is 9.91. The molecule has 0 heterocycles. The quantitative estimate of drug-likeness (QED) is 0.668. The number of unbranched alkanes of at least 4 members (excludes halogenated alkanes) is 1. The van der Waals surface area contributed by atoms with Crippen LogP contribution in [0.2, 0.25) is 0 Å². The summed E-state index contributed by atoms with van der Waals surface area (Å²) in [5.41, 5.74) is 0. The Kier molecular flexibility index (Phi) is 7.54. The topological polar surface area (TPSA) is 12.0 Å². The van der Waals surface area contributed by atoms with Crippen LogP contribution >= 0.6 is 11.8 Å². The molecule has 90 valence electrons. The SMILES string of the molecule is CCNCCCCSC1CCCC(C)C1. The predicted molar refractivity (Wildman–Crippen MR) is 71.7 cm³/mol. The second kappa shape index (κ2) is 8.46. The molecule has 1 aliphatic carbocycles. The molecule has 1 nitrogen and oxygen atoms in total. The lowest BCUT2D eigenvalue weighted by Crippen LogP contribution is -2.16. The van der Waals surface area contributed by atoms with E-state index in [4.69, 9.17) is 0 Å². The first kappa shape index (κ1) is 13.4. The second-order valence-electron chi connectivity index (χ2n) is 4.83. The highest BCUT2D eigenvalue weighted by Crippen LogP contribution is 2.32. The third-order valence-electron chi connectivity index (χ3n) is 3.24. The van der Waals surface area contributed by atoms with Crippen molar-refractivity contribution in [3.8, 4) is 0 Å². The van der Waals surface area contributed by atoms with Gasteiger partial charge in [-0.1, -0.05) is 26.7 Å². The number of rotatable bonds is 7. The average molecular weight is 229 g/mol.